The highest BCUT2D eigenvalue weighted by atomic mass is 16.5. The summed E-state index contributed by atoms with van der Waals surface area (Å²) in [6.45, 7) is 5.36. The molecule has 0 aliphatic heterocycles. The van der Waals surface area contributed by atoms with Crippen molar-refractivity contribution in [2.45, 2.75) is 26.8 Å². The Morgan fingerprint density at radius 2 is 2.33 bits per heavy atom. The lowest BCUT2D eigenvalue weighted by atomic mass is 10.2. The van der Waals surface area contributed by atoms with Crippen LogP contribution in [0.3, 0.4) is 0 Å². The van der Waals surface area contributed by atoms with Crippen molar-refractivity contribution >= 4 is 5.97 Å². The number of methoxy groups -OCH3 is 1. The van der Waals surface area contributed by atoms with E-state index in [4.69, 9.17) is 4.74 Å². The molecule has 0 spiro atoms. The van der Waals surface area contributed by atoms with Gasteiger partial charge in [-0.05, 0) is 13.3 Å². The standard InChI is InChI=1S/C13H21N3O2/c1-5-11(13(17)18-4)6-7-14-8-12-9-15-16(3)10(12)2/h6,9,14H,5,7-8H2,1-4H3. The third kappa shape index (κ3) is 3.70. The number of esters is 1. The van der Waals surface area contributed by atoms with Gasteiger partial charge in [0.2, 0.25) is 0 Å². The lowest BCUT2D eigenvalue weighted by Gasteiger charge is -2.04. The van der Waals surface area contributed by atoms with Crippen molar-refractivity contribution < 1.29 is 9.53 Å². The van der Waals surface area contributed by atoms with Crippen LogP contribution in [0.1, 0.15) is 24.6 Å². The van der Waals surface area contributed by atoms with Crippen LogP contribution < -0.4 is 5.32 Å². The Morgan fingerprint density at radius 1 is 1.61 bits per heavy atom. The van der Waals surface area contributed by atoms with Crippen LogP contribution in [0.15, 0.2) is 17.8 Å². The maximum Gasteiger partial charge on any atom is 0.333 e. The van der Waals surface area contributed by atoms with E-state index in [1.54, 1.807) is 0 Å². The van der Waals surface area contributed by atoms with Crippen LogP contribution in [-0.2, 0) is 23.1 Å². The molecule has 0 fully saturated rings. The first-order chi connectivity index (χ1) is 8.60. The summed E-state index contributed by atoms with van der Waals surface area (Å²) in [5, 5.41) is 7.44. The average molecular weight is 251 g/mol. The fraction of sp³-hybridized carbons (Fsp3) is 0.538. The fourth-order valence-corrected chi connectivity index (χ4v) is 1.62. The Balaban J connectivity index is 2.44. The molecule has 0 aliphatic carbocycles. The number of ether oxygens (including phenoxy) is 1. The highest BCUT2D eigenvalue weighted by Crippen LogP contribution is 2.05. The number of hydrogen-bond acceptors (Lipinski definition) is 4. The highest BCUT2D eigenvalue weighted by Gasteiger charge is 2.06. The van der Waals surface area contributed by atoms with Crippen molar-refractivity contribution in [3.8, 4) is 0 Å². The van der Waals surface area contributed by atoms with E-state index in [-0.39, 0.29) is 5.97 Å². The van der Waals surface area contributed by atoms with Crippen LogP contribution in [0.4, 0.5) is 0 Å². The van der Waals surface area contributed by atoms with E-state index in [0.717, 1.165) is 12.2 Å². The van der Waals surface area contributed by atoms with Crippen LogP contribution in [-0.4, -0.2) is 29.4 Å². The first-order valence-corrected chi connectivity index (χ1v) is 6.05. The molecule has 100 valence electrons. The molecule has 1 aromatic heterocycles. The number of aryl methyl sites for hydroxylation is 1. The van der Waals surface area contributed by atoms with E-state index in [1.807, 2.05) is 37.8 Å². The minimum absolute atomic E-state index is 0.253. The van der Waals surface area contributed by atoms with Gasteiger partial charge in [0.05, 0.1) is 13.3 Å². The molecule has 1 aromatic rings. The van der Waals surface area contributed by atoms with Gasteiger partial charge < -0.3 is 10.1 Å². The summed E-state index contributed by atoms with van der Waals surface area (Å²) in [5.41, 5.74) is 3.02. The summed E-state index contributed by atoms with van der Waals surface area (Å²) in [7, 11) is 3.32. The van der Waals surface area contributed by atoms with E-state index in [0.29, 0.717) is 18.5 Å². The SMILES string of the molecule is CCC(=CCNCc1cnn(C)c1C)C(=O)OC. The van der Waals surface area contributed by atoms with Gasteiger partial charge in [0, 0.05) is 37.0 Å². The number of carbonyl (C=O) groups excluding carboxylic acids is 1. The zero-order valence-corrected chi connectivity index (χ0v) is 11.5. The molecule has 5 heteroatoms. The Kier molecular flexibility index (Phi) is 5.58. The van der Waals surface area contributed by atoms with Crippen molar-refractivity contribution in [3.05, 3.63) is 29.1 Å². The van der Waals surface area contributed by atoms with Crippen molar-refractivity contribution in [1.82, 2.24) is 15.1 Å². The van der Waals surface area contributed by atoms with Crippen LogP contribution in [0.25, 0.3) is 0 Å². The maximum absolute atomic E-state index is 11.3. The molecule has 18 heavy (non-hydrogen) atoms. The fourth-order valence-electron chi connectivity index (χ4n) is 1.62. The van der Waals surface area contributed by atoms with Crippen LogP contribution in [0, 0.1) is 6.92 Å². The van der Waals surface area contributed by atoms with Gasteiger partial charge in [-0.3, -0.25) is 4.68 Å². The van der Waals surface area contributed by atoms with Gasteiger partial charge >= 0.3 is 5.97 Å². The summed E-state index contributed by atoms with van der Waals surface area (Å²) in [4.78, 5) is 11.3. The first-order valence-electron chi connectivity index (χ1n) is 6.05. The lowest BCUT2D eigenvalue weighted by molar-refractivity contribution is -0.136. The topological polar surface area (TPSA) is 56.2 Å². The largest absolute Gasteiger partial charge is 0.466 e. The molecule has 0 unspecified atom stereocenters. The second-order valence-corrected chi connectivity index (χ2v) is 4.08. The number of aromatic nitrogens is 2. The van der Waals surface area contributed by atoms with Gasteiger partial charge in [-0.2, -0.15) is 5.10 Å². The quantitative estimate of drug-likeness (QED) is 0.471. The Morgan fingerprint density at radius 3 is 2.83 bits per heavy atom. The average Bonchev–Trinajstić information content (AvgIpc) is 2.69. The molecule has 1 N–H and O–H groups in total. The minimum Gasteiger partial charge on any atom is -0.466 e. The minimum atomic E-state index is -0.253. The molecular weight excluding hydrogens is 230 g/mol. The molecule has 0 amide bonds. The van der Waals surface area contributed by atoms with E-state index in [9.17, 15) is 4.79 Å². The normalized spacial score (nSPS) is 11.7. The summed E-state index contributed by atoms with van der Waals surface area (Å²) >= 11 is 0. The second-order valence-electron chi connectivity index (χ2n) is 4.08. The Labute approximate surface area is 108 Å². The molecule has 1 rings (SSSR count). The predicted octanol–water partition coefficient (Wildman–Crippen LogP) is 1.33. The molecule has 0 bridgehead atoms. The van der Waals surface area contributed by atoms with E-state index in [1.165, 1.54) is 12.7 Å². The van der Waals surface area contributed by atoms with Crippen molar-refractivity contribution in [2.75, 3.05) is 13.7 Å². The second kappa shape index (κ2) is 6.96. The monoisotopic (exact) mass is 251 g/mol. The third-order valence-corrected chi connectivity index (χ3v) is 2.97. The molecular formula is C13H21N3O2. The molecule has 5 nitrogen and oxygen atoms in total. The lowest BCUT2D eigenvalue weighted by Crippen LogP contribution is -2.15. The number of rotatable bonds is 6. The summed E-state index contributed by atoms with van der Waals surface area (Å²) in [5.74, 6) is -0.253. The van der Waals surface area contributed by atoms with Gasteiger partial charge in [0.25, 0.3) is 0 Å². The molecule has 1 heterocycles. The van der Waals surface area contributed by atoms with Gasteiger partial charge in [0.1, 0.15) is 0 Å². The number of nitrogens with one attached hydrogen (secondary N) is 1. The smallest absolute Gasteiger partial charge is 0.333 e. The third-order valence-electron chi connectivity index (χ3n) is 2.97. The van der Waals surface area contributed by atoms with Crippen LogP contribution in [0.2, 0.25) is 0 Å². The summed E-state index contributed by atoms with van der Waals surface area (Å²) < 4.78 is 6.54. The van der Waals surface area contributed by atoms with E-state index >= 15 is 0 Å². The van der Waals surface area contributed by atoms with Crippen LogP contribution in [0.5, 0.6) is 0 Å². The van der Waals surface area contributed by atoms with Gasteiger partial charge in [-0.25, -0.2) is 4.79 Å². The molecule has 0 aliphatic rings. The van der Waals surface area contributed by atoms with Crippen molar-refractivity contribution in [3.63, 3.8) is 0 Å². The number of hydrogen-bond donors (Lipinski definition) is 1. The summed E-state index contributed by atoms with van der Waals surface area (Å²) in [6, 6.07) is 0. The van der Waals surface area contributed by atoms with Gasteiger partial charge in [-0.1, -0.05) is 13.0 Å². The molecule has 0 aromatic carbocycles. The van der Waals surface area contributed by atoms with E-state index < -0.39 is 0 Å². The first kappa shape index (κ1) is 14.4. The maximum atomic E-state index is 11.3. The number of carbonyl (C=O) groups is 1. The van der Waals surface area contributed by atoms with Gasteiger partial charge in [0.15, 0.2) is 0 Å². The van der Waals surface area contributed by atoms with Gasteiger partial charge in [-0.15, -0.1) is 0 Å². The van der Waals surface area contributed by atoms with Crippen molar-refractivity contribution in [1.29, 1.82) is 0 Å². The zero-order chi connectivity index (χ0) is 13.5. The molecule has 0 saturated heterocycles. The summed E-state index contributed by atoms with van der Waals surface area (Å²) in [6.07, 6.45) is 4.41. The van der Waals surface area contributed by atoms with Crippen LogP contribution >= 0.6 is 0 Å². The highest BCUT2D eigenvalue weighted by molar-refractivity contribution is 5.88. The Bertz CT molecular complexity index is 435. The van der Waals surface area contributed by atoms with E-state index in [2.05, 4.69) is 10.4 Å². The molecule has 0 saturated carbocycles. The zero-order valence-electron chi connectivity index (χ0n) is 11.5. The van der Waals surface area contributed by atoms with Crippen molar-refractivity contribution in [2.24, 2.45) is 7.05 Å². The number of nitrogens with zero attached hydrogens (tertiary/aromatic N) is 2. The predicted molar refractivity (Wildman–Crippen MR) is 70.0 cm³/mol. The molecule has 0 atom stereocenters. The Hall–Kier alpha value is -1.62. The molecule has 0 radical (unpaired) electrons.